The summed E-state index contributed by atoms with van der Waals surface area (Å²) in [5.41, 5.74) is 2.60. The van der Waals surface area contributed by atoms with E-state index in [0.29, 0.717) is 23.3 Å². The summed E-state index contributed by atoms with van der Waals surface area (Å²) in [4.78, 5) is 22.2. The fourth-order valence-electron chi connectivity index (χ4n) is 2.69. The van der Waals surface area contributed by atoms with Gasteiger partial charge in [-0.1, -0.05) is 17.4 Å². The number of fused-ring (bicyclic) bond motifs is 1. The molecule has 124 valence electrons. The van der Waals surface area contributed by atoms with Gasteiger partial charge < -0.3 is 24.5 Å². The van der Waals surface area contributed by atoms with Crippen molar-refractivity contribution in [2.24, 2.45) is 0 Å². The topological polar surface area (TPSA) is 98.7 Å². The molecular formula is C17H18NaO6-. The van der Waals surface area contributed by atoms with Gasteiger partial charge in [-0.05, 0) is 44.2 Å². The van der Waals surface area contributed by atoms with E-state index >= 15 is 0 Å². The first-order valence-electron chi connectivity index (χ1n) is 7.28. The molecule has 1 aromatic carbocycles. The Balaban J connectivity index is 0.00000288. The molecule has 1 aliphatic heterocycles. The molecular weight excluding hydrogens is 323 g/mol. The molecule has 2 rings (SSSR count). The predicted molar refractivity (Wildman–Crippen MR) is 78.0 cm³/mol. The van der Waals surface area contributed by atoms with E-state index < -0.39 is 11.9 Å². The Morgan fingerprint density at radius 2 is 2.04 bits per heavy atom. The van der Waals surface area contributed by atoms with Crippen molar-refractivity contribution in [1.29, 1.82) is 0 Å². The summed E-state index contributed by atoms with van der Waals surface area (Å²) in [6.45, 7) is 3.66. The zero-order chi connectivity index (χ0) is 17.1. The van der Waals surface area contributed by atoms with Crippen LogP contribution in [0.15, 0.2) is 11.6 Å². The van der Waals surface area contributed by atoms with Crippen LogP contribution in [0.3, 0.4) is 0 Å². The summed E-state index contributed by atoms with van der Waals surface area (Å²) in [7, 11) is 1.47. The van der Waals surface area contributed by atoms with Gasteiger partial charge in [0.15, 0.2) is 0 Å². The Bertz CT molecular complexity index is 693. The molecule has 0 aromatic heterocycles. The van der Waals surface area contributed by atoms with Crippen LogP contribution in [0.2, 0.25) is 0 Å². The fourth-order valence-corrected chi connectivity index (χ4v) is 2.69. The van der Waals surface area contributed by atoms with E-state index in [9.17, 15) is 19.8 Å². The van der Waals surface area contributed by atoms with E-state index in [1.165, 1.54) is 7.11 Å². The first-order chi connectivity index (χ1) is 10.9. The maximum atomic E-state index is 12.6. The Hall–Kier alpha value is -1.50. The molecule has 7 heteroatoms. The minimum absolute atomic E-state index is 0. The van der Waals surface area contributed by atoms with Gasteiger partial charge in [0.2, 0.25) is 0 Å². The number of methoxy groups -OCH3 is 1. The third-order valence-corrected chi connectivity index (χ3v) is 4.00. The Morgan fingerprint density at radius 1 is 1.38 bits per heavy atom. The SMILES string of the molecule is COc1c(C)c2c(c([O-])c1C/C=C(\C)CCC(=O)[O-])C(=O)OC2.[Na+]. The first kappa shape index (κ1) is 20.5. The summed E-state index contributed by atoms with van der Waals surface area (Å²) in [5, 5.41) is 23.0. The van der Waals surface area contributed by atoms with Crippen molar-refractivity contribution in [3.8, 4) is 11.5 Å². The normalized spacial score (nSPS) is 13.1. The molecule has 0 bridgehead atoms. The summed E-state index contributed by atoms with van der Waals surface area (Å²) in [5.74, 6) is -1.64. The van der Waals surface area contributed by atoms with E-state index in [1.807, 2.05) is 0 Å². The fraction of sp³-hybridized carbons (Fsp3) is 0.412. The number of carboxylic acid groups (broad SMARTS) is 1. The number of benzene rings is 1. The molecule has 1 aliphatic rings. The zero-order valence-electron chi connectivity index (χ0n) is 14.4. The van der Waals surface area contributed by atoms with Crippen LogP contribution < -0.4 is 44.5 Å². The molecule has 0 N–H and O–H groups in total. The smallest absolute Gasteiger partial charge is 0.872 e. The van der Waals surface area contributed by atoms with Crippen LogP contribution in [0.5, 0.6) is 11.5 Å². The Labute approximate surface area is 162 Å². The molecule has 0 saturated carbocycles. The van der Waals surface area contributed by atoms with Gasteiger partial charge in [-0.2, -0.15) is 0 Å². The molecule has 1 heterocycles. The van der Waals surface area contributed by atoms with E-state index in [0.717, 1.165) is 11.1 Å². The number of hydrogen-bond acceptors (Lipinski definition) is 6. The van der Waals surface area contributed by atoms with Gasteiger partial charge >= 0.3 is 35.5 Å². The van der Waals surface area contributed by atoms with Crippen LogP contribution in [0.25, 0.3) is 0 Å². The molecule has 0 atom stereocenters. The van der Waals surface area contributed by atoms with Crippen molar-refractivity contribution in [2.75, 3.05) is 7.11 Å². The third-order valence-electron chi connectivity index (χ3n) is 4.00. The molecule has 0 unspecified atom stereocenters. The predicted octanol–water partition coefficient (Wildman–Crippen LogP) is -2.23. The Kier molecular flexibility index (Phi) is 7.32. The van der Waals surface area contributed by atoms with Gasteiger partial charge in [0.25, 0.3) is 0 Å². The third kappa shape index (κ3) is 4.12. The molecule has 1 aromatic rings. The van der Waals surface area contributed by atoms with Crippen molar-refractivity contribution < 1.29 is 58.8 Å². The summed E-state index contributed by atoms with van der Waals surface area (Å²) < 4.78 is 10.3. The minimum atomic E-state index is -1.11. The molecule has 0 fully saturated rings. The number of carbonyl (C=O) groups is 2. The maximum absolute atomic E-state index is 12.6. The van der Waals surface area contributed by atoms with Crippen LogP contribution >= 0.6 is 0 Å². The number of carboxylic acids is 1. The van der Waals surface area contributed by atoms with Crippen LogP contribution in [0.1, 0.15) is 46.8 Å². The number of rotatable bonds is 6. The maximum Gasteiger partial charge on any atom is 1.00 e. The Morgan fingerprint density at radius 3 is 2.62 bits per heavy atom. The van der Waals surface area contributed by atoms with E-state index in [4.69, 9.17) is 9.47 Å². The standard InChI is InChI=1S/C17H20O6.Na/c1-9(5-7-13(18)19)4-6-11-15(20)14-12(8-23-17(14)21)10(2)16(11)22-3;/h4,20H,5-8H2,1-3H3,(H,18,19);/q;+1/p-2/b9-4+;. The molecule has 6 nitrogen and oxygen atoms in total. The second-order valence-electron chi connectivity index (χ2n) is 5.52. The average Bonchev–Trinajstić information content (AvgIpc) is 2.89. The number of cyclic esters (lactones) is 1. The summed E-state index contributed by atoms with van der Waals surface area (Å²) in [6, 6.07) is 0. The van der Waals surface area contributed by atoms with E-state index in [-0.39, 0.29) is 60.3 Å². The van der Waals surface area contributed by atoms with Gasteiger partial charge in [0.05, 0.1) is 12.7 Å². The minimum Gasteiger partial charge on any atom is -0.872 e. The quantitative estimate of drug-likeness (QED) is 0.330. The van der Waals surface area contributed by atoms with Crippen LogP contribution in [0, 0.1) is 6.92 Å². The average molecular weight is 341 g/mol. The number of esters is 1. The summed E-state index contributed by atoms with van der Waals surface area (Å²) >= 11 is 0. The number of hydrogen-bond donors (Lipinski definition) is 0. The van der Waals surface area contributed by atoms with Crippen LogP contribution in [0.4, 0.5) is 0 Å². The number of carbonyl (C=O) groups excluding carboxylic acids is 2. The van der Waals surface area contributed by atoms with E-state index in [2.05, 4.69) is 0 Å². The molecule has 0 saturated heterocycles. The number of ether oxygens (including phenoxy) is 2. The van der Waals surface area contributed by atoms with Crippen molar-refractivity contribution in [3.05, 3.63) is 33.9 Å². The molecule has 24 heavy (non-hydrogen) atoms. The van der Waals surface area contributed by atoms with Crippen molar-refractivity contribution >= 4 is 11.9 Å². The van der Waals surface area contributed by atoms with Crippen LogP contribution in [-0.4, -0.2) is 19.0 Å². The number of allylic oxidation sites excluding steroid dienone is 2. The first-order valence-corrected chi connectivity index (χ1v) is 7.28. The van der Waals surface area contributed by atoms with Crippen molar-refractivity contribution in [2.45, 2.75) is 39.7 Å². The second kappa shape index (κ2) is 8.55. The zero-order valence-corrected chi connectivity index (χ0v) is 16.4. The number of aliphatic carboxylic acids is 1. The molecule has 0 radical (unpaired) electrons. The van der Waals surface area contributed by atoms with E-state index in [1.54, 1.807) is 19.9 Å². The van der Waals surface area contributed by atoms with Gasteiger partial charge in [0, 0.05) is 11.5 Å². The van der Waals surface area contributed by atoms with Crippen molar-refractivity contribution in [3.63, 3.8) is 0 Å². The molecule has 0 aliphatic carbocycles. The molecule has 0 spiro atoms. The van der Waals surface area contributed by atoms with Gasteiger partial charge in [-0.3, -0.25) is 0 Å². The van der Waals surface area contributed by atoms with Gasteiger partial charge in [0.1, 0.15) is 12.4 Å². The van der Waals surface area contributed by atoms with Crippen molar-refractivity contribution in [1.82, 2.24) is 0 Å². The molecule has 0 amide bonds. The second-order valence-corrected chi connectivity index (χ2v) is 5.52. The monoisotopic (exact) mass is 341 g/mol. The largest absolute Gasteiger partial charge is 1.00 e. The van der Waals surface area contributed by atoms with Gasteiger partial charge in [-0.25, -0.2) is 4.79 Å². The summed E-state index contributed by atoms with van der Waals surface area (Å²) in [6.07, 6.45) is 2.32. The van der Waals surface area contributed by atoms with Crippen LogP contribution in [-0.2, 0) is 22.6 Å². The van der Waals surface area contributed by atoms with Gasteiger partial charge in [-0.15, -0.1) is 0 Å².